The average molecular weight is 235 g/mol. The maximum absolute atomic E-state index is 4.46. The Morgan fingerprint density at radius 3 is 2.38 bits per heavy atom. The number of nitrogens with zero attached hydrogens (tertiary/aromatic N) is 2. The van der Waals surface area contributed by atoms with Gasteiger partial charge in [-0.3, -0.25) is 4.98 Å². The molecule has 0 aromatic carbocycles. The summed E-state index contributed by atoms with van der Waals surface area (Å²) < 4.78 is 0. The Hall–Kier alpha value is -1.26. The Balaban J connectivity index is 0.000000386. The molecule has 1 N–H and O–H groups in total. The second-order valence-corrected chi connectivity index (χ2v) is 4.61. The summed E-state index contributed by atoms with van der Waals surface area (Å²) in [5.74, 6) is 0. The third-order valence-electron chi connectivity index (χ3n) is 1.94. The fourth-order valence-electron chi connectivity index (χ4n) is 1.09. The highest BCUT2D eigenvalue weighted by Crippen LogP contribution is 2.25. The van der Waals surface area contributed by atoms with Crippen LogP contribution in [0.2, 0.25) is 0 Å². The quantitative estimate of drug-likeness (QED) is 0.825. The van der Waals surface area contributed by atoms with Crippen LogP contribution in [0.3, 0.4) is 0 Å². The van der Waals surface area contributed by atoms with Crippen molar-refractivity contribution in [2.75, 3.05) is 14.1 Å². The minimum atomic E-state index is 1.06. The molecule has 0 radical (unpaired) electrons. The van der Waals surface area contributed by atoms with E-state index in [0.29, 0.717) is 0 Å². The molecule has 4 heteroatoms. The lowest BCUT2D eigenvalue weighted by atomic mass is 10.3. The van der Waals surface area contributed by atoms with Crippen LogP contribution >= 0.6 is 11.3 Å². The molecule has 2 rings (SSSR count). The molecule has 0 spiro atoms. The number of pyridine rings is 1. The molecule has 16 heavy (non-hydrogen) atoms. The van der Waals surface area contributed by atoms with E-state index in [2.05, 4.69) is 22.2 Å². The van der Waals surface area contributed by atoms with Crippen LogP contribution in [0.15, 0.2) is 24.5 Å². The van der Waals surface area contributed by atoms with E-state index in [1.165, 1.54) is 4.88 Å². The van der Waals surface area contributed by atoms with Crippen LogP contribution in [-0.4, -0.2) is 24.1 Å². The fraction of sp³-hybridized carbons (Fsp3) is 0.333. The molecule has 0 saturated carbocycles. The van der Waals surface area contributed by atoms with Crippen molar-refractivity contribution in [3.05, 3.63) is 35.1 Å². The zero-order chi connectivity index (χ0) is 12.0. The third-order valence-corrected chi connectivity index (χ3v) is 3.06. The molecule has 3 nitrogen and oxygen atoms in total. The number of aryl methyl sites for hydroxylation is 2. The lowest BCUT2D eigenvalue weighted by Crippen LogP contribution is -1.89. The summed E-state index contributed by atoms with van der Waals surface area (Å²) in [5.41, 5.74) is 2.22. The fourth-order valence-corrected chi connectivity index (χ4v) is 1.99. The Labute approximate surface area is 101 Å². The van der Waals surface area contributed by atoms with E-state index < -0.39 is 0 Å². The van der Waals surface area contributed by atoms with Gasteiger partial charge in [0.25, 0.3) is 0 Å². The van der Waals surface area contributed by atoms with Gasteiger partial charge in [0.1, 0.15) is 5.01 Å². The van der Waals surface area contributed by atoms with Crippen molar-refractivity contribution in [1.29, 1.82) is 0 Å². The van der Waals surface area contributed by atoms with Crippen molar-refractivity contribution < 1.29 is 0 Å². The van der Waals surface area contributed by atoms with Gasteiger partial charge in [-0.1, -0.05) is 0 Å². The molecule has 2 heterocycles. The highest BCUT2D eigenvalue weighted by Gasteiger charge is 2.04. The van der Waals surface area contributed by atoms with Gasteiger partial charge in [-0.15, -0.1) is 11.3 Å². The standard InChI is InChI=1S/C10H10N2S.C2H7N/c1-7-8(2)13-10(12-7)9-4-3-5-11-6-9;1-3-2/h3-6H,1-2H3;3H,1-2H3. The van der Waals surface area contributed by atoms with Gasteiger partial charge in [-0.2, -0.15) is 0 Å². The monoisotopic (exact) mass is 235 g/mol. The molecule has 0 aliphatic carbocycles. The minimum absolute atomic E-state index is 1.06. The summed E-state index contributed by atoms with van der Waals surface area (Å²) in [5, 5.41) is 3.81. The van der Waals surface area contributed by atoms with E-state index in [0.717, 1.165) is 16.3 Å². The zero-order valence-corrected chi connectivity index (χ0v) is 10.9. The van der Waals surface area contributed by atoms with Crippen LogP contribution in [0.5, 0.6) is 0 Å². The van der Waals surface area contributed by atoms with Gasteiger partial charge in [-0.05, 0) is 40.1 Å². The largest absolute Gasteiger partial charge is 0.323 e. The van der Waals surface area contributed by atoms with E-state index in [-0.39, 0.29) is 0 Å². The number of nitrogens with one attached hydrogen (secondary N) is 1. The molecule has 0 fully saturated rings. The van der Waals surface area contributed by atoms with Gasteiger partial charge in [0, 0.05) is 22.8 Å². The summed E-state index contributed by atoms with van der Waals surface area (Å²) in [6.45, 7) is 4.12. The summed E-state index contributed by atoms with van der Waals surface area (Å²) in [6.07, 6.45) is 3.62. The number of hydrogen-bond donors (Lipinski definition) is 1. The van der Waals surface area contributed by atoms with Crippen LogP contribution in [-0.2, 0) is 0 Å². The predicted octanol–water partition coefficient (Wildman–Crippen LogP) is 2.66. The first-order chi connectivity index (χ1) is 7.69. The maximum Gasteiger partial charge on any atom is 0.125 e. The van der Waals surface area contributed by atoms with Gasteiger partial charge in [0.05, 0.1) is 5.69 Å². The molecule has 0 amide bonds. The van der Waals surface area contributed by atoms with Crippen LogP contribution in [0, 0.1) is 13.8 Å². The molecule has 86 valence electrons. The second kappa shape index (κ2) is 6.35. The number of aromatic nitrogens is 2. The Morgan fingerprint density at radius 1 is 1.25 bits per heavy atom. The third kappa shape index (κ3) is 3.40. The van der Waals surface area contributed by atoms with Gasteiger partial charge in [0.2, 0.25) is 0 Å². The molecular formula is C12H17N3S. The molecule has 0 aliphatic heterocycles. The highest BCUT2D eigenvalue weighted by atomic mass is 32.1. The molecule has 0 unspecified atom stereocenters. The van der Waals surface area contributed by atoms with Crippen molar-refractivity contribution in [3.8, 4) is 10.6 Å². The SMILES string of the molecule is CNC.Cc1nc(-c2cccnc2)sc1C. The Kier molecular flexibility index (Phi) is 5.08. The van der Waals surface area contributed by atoms with Crippen molar-refractivity contribution in [3.63, 3.8) is 0 Å². The number of rotatable bonds is 1. The Morgan fingerprint density at radius 2 is 1.94 bits per heavy atom. The van der Waals surface area contributed by atoms with Gasteiger partial charge in [0.15, 0.2) is 0 Å². The molecule has 2 aromatic rings. The second-order valence-electron chi connectivity index (χ2n) is 3.40. The van der Waals surface area contributed by atoms with Crippen molar-refractivity contribution >= 4 is 11.3 Å². The lowest BCUT2D eigenvalue weighted by molar-refractivity contribution is 1.02. The minimum Gasteiger partial charge on any atom is -0.323 e. The van der Waals surface area contributed by atoms with Crippen LogP contribution in [0.1, 0.15) is 10.6 Å². The van der Waals surface area contributed by atoms with Crippen LogP contribution in [0.4, 0.5) is 0 Å². The summed E-state index contributed by atoms with van der Waals surface area (Å²) >= 11 is 1.72. The van der Waals surface area contributed by atoms with Crippen LogP contribution < -0.4 is 5.32 Å². The lowest BCUT2D eigenvalue weighted by Gasteiger charge is -1.91. The summed E-state index contributed by atoms with van der Waals surface area (Å²) in [6, 6.07) is 3.96. The maximum atomic E-state index is 4.46. The summed E-state index contributed by atoms with van der Waals surface area (Å²) in [7, 11) is 3.75. The zero-order valence-electron chi connectivity index (χ0n) is 10.1. The molecule has 0 bridgehead atoms. The first kappa shape index (κ1) is 12.8. The molecule has 0 aliphatic rings. The normalized spacial score (nSPS) is 9.50. The van der Waals surface area contributed by atoms with E-state index in [9.17, 15) is 0 Å². The van der Waals surface area contributed by atoms with E-state index in [1.54, 1.807) is 17.5 Å². The Bertz CT molecular complexity index is 404. The summed E-state index contributed by atoms with van der Waals surface area (Å²) in [4.78, 5) is 9.80. The molecular weight excluding hydrogens is 218 g/mol. The molecule has 0 atom stereocenters. The topological polar surface area (TPSA) is 37.8 Å². The predicted molar refractivity (Wildman–Crippen MR) is 69.8 cm³/mol. The van der Waals surface area contributed by atoms with Gasteiger partial charge in [-0.25, -0.2) is 4.98 Å². The molecule has 0 saturated heterocycles. The van der Waals surface area contributed by atoms with E-state index >= 15 is 0 Å². The van der Waals surface area contributed by atoms with Crippen LogP contribution in [0.25, 0.3) is 10.6 Å². The van der Waals surface area contributed by atoms with Gasteiger partial charge < -0.3 is 5.32 Å². The molecule has 2 aromatic heterocycles. The van der Waals surface area contributed by atoms with Crippen molar-refractivity contribution in [2.45, 2.75) is 13.8 Å². The van der Waals surface area contributed by atoms with Crippen molar-refractivity contribution in [1.82, 2.24) is 15.3 Å². The number of thiazole rings is 1. The van der Waals surface area contributed by atoms with E-state index in [1.807, 2.05) is 39.3 Å². The van der Waals surface area contributed by atoms with Crippen molar-refractivity contribution in [2.24, 2.45) is 0 Å². The first-order valence-electron chi connectivity index (χ1n) is 5.12. The number of hydrogen-bond acceptors (Lipinski definition) is 4. The van der Waals surface area contributed by atoms with Gasteiger partial charge >= 0.3 is 0 Å². The smallest absolute Gasteiger partial charge is 0.125 e. The average Bonchev–Trinajstić information content (AvgIpc) is 2.62. The highest BCUT2D eigenvalue weighted by molar-refractivity contribution is 7.15. The first-order valence-corrected chi connectivity index (χ1v) is 5.93. The van der Waals surface area contributed by atoms with E-state index in [4.69, 9.17) is 0 Å².